The summed E-state index contributed by atoms with van der Waals surface area (Å²) in [5.74, 6) is -0.306. The Hall–Kier alpha value is -2.91. The SMILES string of the molecule is CC(C)[C@@H](NC(=O)c1ccccc1)c1nnc(SCC(=O)Nc2ccc(F)c(Cl)c2)n1C. The van der Waals surface area contributed by atoms with E-state index in [1.807, 2.05) is 19.9 Å². The third kappa shape index (κ3) is 5.86. The van der Waals surface area contributed by atoms with Crippen LogP contribution >= 0.6 is 23.4 Å². The Labute approximate surface area is 194 Å². The van der Waals surface area contributed by atoms with Crippen molar-refractivity contribution in [3.63, 3.8) is 0 Å². The Balaban J connectivity index is 1.65. The van der Waals surface area contributed by atoms with Crippen LogP contribution in [0.3, 0.4) is 0 Å². The molecule has 1 aromatic heterocycles. The number of hydrogen-bond donors (Lipinski definition) is 2. The number of carbonyl (C=O) groups excluding carboxylic acids is 2. The number of rotatable bonds is 8. The molecular formula is C22H23ClFN5O2S. The molecule has 2 N–H and O–H groups in total. The Morgan fingerprint density at radius 2 is 1.88 bits per heavy atom. The lowest BCUT2D eigenvalue weighted by atomic mass is 10.0. The van der Waals surface area contributed by atoms with E-state index >= 15 is 0 Å². The molecule has 1 atom stereocenters. The first-order chi connectivity index (χ1) is 15.3. The third-order valence-electron chi connectivity index (χ3n) is 4.67. The van der Waals surface area contributed by atoms with E-state index in [9.17, 15) is 14.0 Å². The van der Waals surface area contributed by atoms with Gasteiger partial charge in [-0.05, 0) is 36.2 Å². The van der Waals surface area contributed by atoms with Gasteiger partial charge in [0.1, 0.15) is 5.82 Å². The van der Waals surface area contributed by atoms with Gasteiger partial charge in [-0.1, -0.05) is 55.4 Å². The van der Waals surface area contributed by atoms with Gasteiger partial charge < -0.3 is 15.2 Å². The number of benzene rings is 2. The summed E-state index contributed by atoms with van der Waals surface area (Å²) in [6.07, 6.45) is 0. The standard InChI is InChI=1S/C22H23ClFN5O2S/c1-13(2)19(26-21(31)14-7-5-4-6-8-14)20-27-28-22(29(20)3)32-12-18(30)25-15-9-10-17(24)16(23)11-15/h4-11,13,19H,12H2,1-3H3,(H,25,30)(H,26,31)/t19-/m1/s1. The van der Waals surface area contributed by atoms with Crippen LogP contribution in [-0.4, -0.2) is 32.3 Å². The minimum absolute atomic E-state index is 0.0642. The maximum atomic E-state index is 13.3. The first kappa shape index (κ1) is 23.7. The molecule has 0 aliphatic heterocycles. The number of amides is 2. The lowest BCUT2D eigenvalue weighted by Crippen LogP contribution is -2.33. The van der Waals surface area contributed by atoms with Crippen LogP contribution in [0.5, 0.6) is 0 Å². The summed E-state index contributed by atoms with van der Waals surface area (Å²) in [5.41, 5.74) is 0.969. The molecule has 3 aromatic rings. The molecule has 2 aromatic carbocycles. The van der Waals surface area contributed by atoms with Gasteiger partial charge in [0.25, 0.3) is 5.91 Å². The zero-order valence-corrected chi connectivity index (χ0v) is 19.4. The molecule has 0 bridgehead atoms. The monoisotopic (exact) mass is 475 g/mol. The van der Waals surface area contributed by atoms with Crippen molar-refractivity contribution in [2.24, 2.45) is 13.0 Å². The van der Waals surface area contributed by atoms with Crippen molar-refractivity contribution in [2.45, 2.75) is 25.0 Å². The summed E-state index contributed by atoms with van der Waals surface area (Å²) >= 11 is 6.95. The molecule has 0 unspecified atom stereocenters. The highest BCUT2D eigenvalue weighted by Crippen LogP contribution is 2.25. The molecule has 7 nitrogen and oxygen atoms in total. The molecular weight excluding hydrogens is 453 g/mol. The highest BCUT2D eigenvalue weighted by Gasteiger charge is 2.25. The minimum Gasteiger partial charge on any atom is -0.342 e. The second-order valence-electron chi connectivity index (χ2n) is 7.43. The minimum atomic E-state index is -0.551. The molecule has 2 amide bonds. The molecule has 0 aliphatic carbocycles. The van der Waals surface area contributed by atoms with Crippen LogP contribution in [0, 0.1) is 11.7 Å². The van der Waals surface area contributed by atoms with Crippen molar-refractivity contribution in [1.82, 2.24) is 20.1 Å². The second-order valence-corrected chi connectivity index (χ2v) is 8.78. The Morgan fingerprint density at radius 3 is 2.53 bits per heavy atom. The Morgan fingerprint density at radius 1 is 1.16 bits per heavy atom. The van der Waals surface area contributed by atoms with Gasteiger partial charge in [-0.3, -0.25) is 9.59 Å². The van der Waals surface area contributed by atoms with E-state index in [-0.39, 0.29) is 34.5 Å². The van der Waals surface area contributed by atoms with Gasteiger partial charge in [0.2, 0.25) is 5.91 Å². The van der Waals surface area contributed by atoms with E-state index < -0.39 is 5.82 Å². The predicted octanol–water partition coefficient (Wildman–Crippen LogP) is 4.47. The molecule has 0 saturated carbocycles. The van der Waals surface area contributed by atoms with Gasteiger partial charge in [-0.15, -0.1) is 10.2 Å². The average molecular weight is 476 g/mol. The lowest BCUT2D eigenvalue weighted by molar-refractivity contribution is -0.113. The fourth-order valence-corrected chi connectivity index (χ4v) is 3.87. The Kier molecular flexibility index (Phi) is 7.87. The summed E-state index contributed by atoms with van der Waals surface area (Å²) in [4.78, 5) is 24.9. The van der Waals surface area contributed by atoms with Crippen LogP contribution in [0.25, 0.3) is 0 Å². The largest absolute Gasteiger partial charge is 0.342 e. The van der Waals surface area contributed by atoms with Crippen LogP contribution in [-0.2, 0) is 11.8 Å². The number of anilines is 1. The fourth-order valence-electron chi connectivity index (χ4n) is 2.97. The molecule has 10 heteroatoms. The third-order valence-corrected chi connectivity index (χ3v) is 5.98. The average Bonchev–Trinajstić information content (AvgIpc) is 3.13. The molecule has 0 radical (unpaired) electrons. The quantitative estimate of drug-likeness (QED) is 0.469. The maximum absolute atomic E-state index is 13.3. The molecule has 0 saturated heterocycles. The van der Waals surface area contributed by atoms with E-state index in [1.165, 1.54) is 30.0 Å². The van der Waals surface area contributed by atoms with Crippen molar-refractivity contribution in [3.8, 4) is 0 Å². The van der Waals surface area contributed by atoms with Gasteiger partial charge >= 0.3 is 0 Å². The highest BCUT2D eigenvalue weighted by molar-refractivity contribution is 7.99. The van der Waals surface area contributed by atoms with E-state index in [2.05, 4.69) is 20.8 Å². The smallest absolute Gasteiger partial charge is 0.251 e. The maximum Gasteiger partial charge on any atom is 0.251 e. The van der Waals surface area contributed by atoms with Crippen molar-refractivity contribution in [2.75, 3.05) is 11.1 Å². The molecule has 0 spiro atoms. The van der Waals surface area contributed by atoms with E-state index in [4.69, 9.17) is 11.6 Å². The van der Waals surface area contributed by atoms with Crippen LogP contribution in [0.2, 0.25) is 5.02 Å². The van der Waals surface area contributed by atoms with E-state index in [0.717, 1.165) is 0 Å². The number of halogens is 2. The Bertz CT molecular complexity index is 1110. The molecule has 0 aliphatic rings. The van der Waals surface area contributed by atoms with Gasteiger partial charge in [-0.25, -0.2) is 4.39 Å². The van der Waals surface area contributed by atoms with Crippen LogP contribution in [0.1, 0.15) is 36.1 Å². The van der Waals surface area contributed by atoms with Crippen molar-refractivity contribution >= 4 is 40.9 Å². The van der Waals surface area contributed by atoms with Crippen molar-refractivity contribution < 1.29 is 14.0 Å². The number of nitrogens with one attached hydrogen (secondary N) is 2. The predicted molar refractivity (Wildman–Crippen MR) is 123 cm³/mol. The molecule has 0 fully saturated rings. The molecule has 168 valence electrons. The number of carbonyl (C=O) groups is 2. The highest BCUT2D eigenvalue weighted by atomic mass is 35.5. The zero-order valence-electron chi connectivity index (χ0n) is 17.8. The van der Waals surface area contributed by atoms with E-state index in [0.29, 0.717) is 22.2 Å². The first-order valence-corrected chi connectivity index (χ1v) is 11.3. The summed E-state index contributed by atoms with van der Waals surface area (Å²) in [6, 6.07) is 12.6. The summed E-state index contributed by atoms with van der Waals surface area (Å²) in [5, 5.41) is 14.6. The summed E-state index contributed by atoms with van der Waals surface area (Å²) in [6.45, 7) is 3.97. The molecule has 32 heavy (non-hydrogen) atoms. The van der Waals surface area contributed by atoms with Gasteiger partial charge in [0.05, 0.1) is 16.8 Å². The summed E-state index contributed by atoms with van der Waals surface area (Å²) < 4.78 is 15.0. The fraction of sp³-hybridized carbons (Fsp3) is 0.273. The number of aromatic nitrogens is 3. The zero-order chi connectivity index (χ0) is 23.3. The van der Waals surface area contributed by atoms with Gasteiger partial charge in [0, 0.05) is 18.3 Å². The topological polar surface area (TPSA) is 88.9 Å². The molecule has 3 rings (SSSR count). The van der Waals surface area contributed by atoms with Crippen LogP contribution < -0.4 is 10.6 Å². The second kappa shape index (κ2) is 10.6. The van der Waals surface area contributed by atoms with Crippen molar-refractivity contribution in [3.05, 3.63) is 70.8 Å². The summed E-state index contributed by atoms with van der Waals surface area (Å²) in [7, 11) is 1.79. The number of thioether (sulfide) groups is 1. The first-order valence-electron chi connectivity index (χ1n) is 9.89. The normalized spacial score (nSPS) is 11.9. The van der Waals surface area contributed by atoms with Crippen LogP contribution in [0.15, 0.2) is 53.7 Å². The van der Waals surface area contributed by atoms with Crippen molar-refractivity contribution in [1.29, 1.82) is 0 Å². The molecule has 1 heterocycles. The van der Waals surface area contributed by atoms with Gasteiger partial charge in [0.15, 0.2) is 11.0 Å². The number of hydrogen-bond acceptors (Lipinski definition) is 5. The van der Waals surface area contributed by atoms with E-state index in [1.54, 1.807) is 35.9 Å². The number of nitrogens with zero attached hydrogens (tertiary/aromatic N) is 3. The van der Waals surface area contributed by atoms with Gasteiger partial charge in [-0.2, -0.15) is 0 Å². The lowest BCUT2D eigenvalue weighted by Gasteiger charge is -2.21. The van der Waals surface area contributed by atoms with Crippen LogP contribution in [0.4, 0.5) is 10.1 Å².